The second-order valence-corrected chi connectivity index (χ2v) is 15.5. The van der Waals surface area contributed by atoms with E-state index < -0.39 is 0 Å². The van der Waals surface area contributed by atoms with Crippen LogP contribution in [0.2, 0.25) is 0 Å². The first-order valence-electron chi connectivity index (χ1n) is 15.1. The van der Waals surface area contributed by atoms with Crippen LogP contribution in [0, 0.1) is 10.8 Å². The number of hydrogen-bond acceptors (Lipinski definition) is 0. The maximum Gasteiger partial charge on any atom is -0.00986 e. The van der Waals surface area contributed by atoms with Crippen molar-refractivity contribution in [3.63, 3.8) is 0 Å². The van der Waals surface area contributed by atoms with E-state index in [0.717, 1.165) is 19.3 Å². The summed E-state index contributed by atoms with van der Waals surface area (Å²) in [4.78, 5) is 0. The predicted octanol–water partition coefficient (Wildman–Crippen LogP) is 12.4. The third-order valence-corrected chi connectivity index (χ3v) is 7.85. The van der Waals surface area contributed by atoms with Gasteiger partial charge in [0, 0.05) is 0 Å². The van der Waals surface area contributed by atoms with E-state index in [1.807, 2.05) is 6.08 Å². The average Bonchev–Trinajstić information content (AvgIpc) is 2.84. The van der Waals surface area contributed by atoms with Crippen LogP contribution in [0.3, 0.4) is 0 Å². The highest BCUT2D eigenvalue weighted by atomic mass is 14.3. The van der Waals surface area contributed by atoms with E-state index in [1.54, 1.807) is 0 Å². The van der Waals surface area contributed by atoms with Gasteiger partial charge < -0.3 is 0 Å². The molecule has 0 saturated carbocycles. The van der Waals surface area contributed by atoms with Gasteiger partial charge in [0.1, 0.15) is 0 Å². The zero-order valence-corrected chi connectivity index (χ0v) is 27.3. The van der Waals surface area contributed by atoms with Gasteiger partial charge >= 0.3 is 0 Å². The molecule has 3 aromatic carbocycles. The van der Waals surface area contributed by atoms with E-state index in [2.05, 4.69) is 156 Å². The van der Waals surface area contributed by atoms with Crippen LogP contribution in [0.25, 0.3) is 27.8 Å². The molecule has 0 N–H and O–H groups in total. The summed E-state index contributed by atoms with van der Waals surface area (Å²) in [5.74, 6) is 0. The Bertz CT molecular complexity index is 1220. The van der Waals surface area contributed by atoms with Gasteiger partial charge in [-0.1, -0.05) is 143 Å². The molecule has 3 rings (SSSR count). The molecule has 0 heterocycles. The Hall–Kier alpha value is -2.86. The molecule has 0 fully saturated rings. The van der Waals surface area contributed by atoms with Gasteiger partial charge in [0.25, 0.3) is 0 Å². The SMILES string of the molecule is C=C/C(=C\CC)c1cc(-c2ccc(C(C)(C)CC(C)(C)C)cc2)cc(-c2ccc(C(C)(C)CC(C)(C)C)cc2)c1. The molecule has 0 aliphatic carbocycles. The summed E-state index contributed by atoms with van der Waals surface area (Å²) in [6.45, 7) is 29.7. The van der Waals surface area contributed by atoms with Gasteiger partial charge in [-0.25, -0.2) is 0 Å². The van der Waals surface area contributed by atoms with E-state index in [1.165, 1.54) is 44.5 Å². The Morgan fingerprint density at radius 2 is 0.950 bits per heavy atom. The van der Waals surface area contributed by atoms with Crippen LogP contribution in [0.1, 0.15) is 112 Å². The molecule has 0 unspecified atom stereocenters. The summed E-state index contributed by atoms with van der Waals surface area (Å²) in [5, 5.41) is 0. The zero-order chi connectivity index (χ0) is 29.9. The van der Waals surface area contributed by atoms with Crippen LogP contribution in [-0.2, 0) is 10.8 Å². The van der Waals surface area contributed by atoms with Gasteiger partial charge in [-0.2, -0.15) is 0 Å². The zero-order valence-electron chi connectivity index (χ0n) is 27.3. The highest BCUT2D eigenvalue weighted by molar-refractivity contribution is 5.83. The van der Waals surface area contributed by atoms with Gasteiger partial charge in [0.05, 0.1) is 0 Å². The third-order valence-electron chi connectivity index (χ3n) is 7.85. The lowest BCUT2D eigenvalue weighted by atomic mass is 9.72. The molecule has 0 bridgehead atoms. The van der Waals surface area contributed by atoms with E-state index >= 15 is 0 Å². The second kappa shape index (κ2) is 11.9. The monoisotopic (exact) mass is 534 g/mol. The molecule has 0 atom stereocenters. The molecule has 0 heteroatoms. The highest BCUT2D eigenvalue weighted by Crippen LogP contribution is 2.39. The molecule has 0 aromatic heterocycles. The van der Waals surface area contributed by atoms with Crippen LogP contribution < -0.4 is 0 Å². The lowest BCUT2D eigenvalue weighted by molar-refractivity contribution is 0.283. The lowest BCUT2D eigenvalue weighted by Gasteiger charge is -2.33. The van der Waals surface area contributed by atoms with Crippen molar-refractivity contribution in [2.75, 3.05) is 0 Å². The Labute approximate surface area is 246 Å². The minimum Gasteiger partial charge on any atom is -0.0985 e. The van der Waals surface area contributed by atoms with Gasteiger partial charge in [-0.3, -0.25) is 0 Å². The van der Waals surface area contributed by atoms with E-state index in [0.29, 0.717) is 0 Å². The number of benzene rings is 3. The minimum atomic E-state index is 0.131. The van der Waals surface area contributed by atoms with Gasteiger partial charge in [0.2, 0.25) is 0 Å². The summed E-state index contributed by atoms with van der Waals surface area (Å²) < 4.78 is 0. The third kappa shape index (κ3) is 8.33. The largest absolute Gasteiger partial charge is 0.0985 e. The molecule has 0 aliphatic heterocycles. The maximum absolute atomic E-state index is 4.13. The first-order chi connectivity index (χ1) is 18.4. The molecular formula is C40H54. The Kier molecular flexibility index (Phi) is 9.45. The fourth-order valence-corrected chi connectivity index (χ4v) is 6.75. The summed E-state index contributed by atoms with van der Waals surface area (Å²) in [6.07, 6.45) is 7.53. The Morgan fingerprint density at radius 1 is 0.575 bits per heavy atom. The number of rotatable bonds is 9. The standard InChI is InChI=1S/C40H54/c1-13-15-29(14-2)32-24-33(30-16-20-35(21-17-30)39(9,10)27-37(3,4)5)26-34(25-32)31-18-22-36(23-19-31)40(11,12)28-38(6,7)8/h14-26H,2,13,27-28H2,1,3-12H3/b29-15+. The van der Waals surface area contributed by atoms with E-state index in [4.69, 9.17) is 0 Å². The molecule has 3 aromatic rings. The molecule has 0 radical (unpaired) electrons. The summed E-state index contributed by atoms with van der Waals surface area (Å²) >= 11 is 0. The van der Waals surface area contributed by atoms with Crippen LogP contribution in [0.5, 0.6) is 0 Å². The van der Waals surface area contributed by atoms with Crippen molar-refractivity contribution in [1.29, 1.82) is 0 Å². The highest BCUT2D eigenvalue weighted by Gasteiger charge is 2.28. The fraction of sp³-hybridized carbons (Fsp3) is 0.450. The molecule has 40 heavy (non-hydrogen) atoms. The Morgan fingerprint density at radius 3 is 1.25 bits per heavy atom. The van der Waals surface area contributed by atoms with Crippen LogP contribution in [-0.4, -0.2) is 0 Å². The molecule has 0 amide bonds. The number of hydrogen-bond donors (Lipinski definition) is 0. The van der Waals surface area contributed by atoms with E-state index in [-0.39, 0.29) is 21.7 Å². The number of allylic oxidation sites excluding steroid dienone is 3. The normalized spacial score (nSPS) is 13.4. The maximum atomic E-state index is 4.13. The summed E-state index contributed by atoms with van der Waals surface area (Å²) in [6, 6.07) is 25.5. The van der Waals surface area contributed by atoms with Crippen LogP contribution in [0.15, 0.2) is 85.5 Å². The molecule has 0 saturated heterocycles. The summed E-state index contributed by atoms with van der Waals surface area (Å²) in [7, 11) is 0. The first kappa shape index (κ1) is 31.7. The summed E-state index contributed by atoms with van der Waals surface area (Å²) in [5.41, 5.74) is 11.0. The van der Waals surface area contributed by atoms with Gasteiger partial charge in [-0.05, 0) is 104 Å². The van der Waals surface area contributed by atoms with Gasteiger partial charge in [-0.15, -0.1) is 0 Å². The first-order valence-corrected chi connectivity index (χ1v) is 15.1. The van der Waals surface area contributed by atoms with Crippen molar-refractivity contribution in [2.24, 2.45) is 10.8 Å². The van der Waals surface area contributed by atoms with Crippen molar-refractivity contribution in [1.82, 2.24) is 0 Å². The van der Waals surface area contributed by atoms with Crippen LogP contribution in [0.4, 0.5) is 0 Å². The van der Waals surface area contributed by atoms with Crippen molar-refractivity contribution >= 4 is 5.57 Å². The molecular weight excluding hydrogens is 480 g/mol. The fourth-order valence-electron chi connectivity index (χ4n) is 6.75. The van der Waals surface area contributed by atoms with Crippen molar-refractivity contribution in [3.05, 3.63) is 102 Å². The minimum absolute atomic E-state index is 0.131. The van der Waals surface area contributed by atoms with Gasteiger partial charge in [0.15, 0.2) is 0 Å². The van der Waals surface area contributed by atoms with Crippen molar-refractivity contribution in [2.45, 2.75) is 106 Å². The van der Waals surface area contributed by atoms with Crippen molar-refractivity contribution < 1.29 is 0 Å². The lowest BCUT2D eigenvalue weighted by Crippen LogP contribution is -2.24. The predicted molar refractivity (Wildman–Crippen MR) is 180 cm³/mol. The topological polar surface area (TPSA) is 0 Å². The Balaban J connectivity index is 2.06. The molecule has 0 nitrogen and oxygen atoms in total. The average molecular weight is 535 g/mol. The second-order valence-electron chi connectivity index (χ2n) is 15.5. The smallest absolute Gasteiger partial charge is 0.00986 e. The molecule has 0 aliphatic rings. The quantitative estimate of drug-likeness (QED) is 0.239. The van der Waals surface area contributed by atoms with Crippen LogP contribution >= 0.6 is 0 Å². The van der Waals surface area contributed by atoms with Crippen molar-refractivity contribution in [3.8, 4) is 22.3 Å². The molecule has 214 valence electrons. The molecule has 0 spiro atoms. The van der Waals surface area contributed by atoms with E-state index in [9.17, 15) is 0 Å².